The second-order valence-corrected chi connectivity index (χ2v) is 6.86. The van der Waals surface area contributed by atoms with Gasteiger partial charge < -0.3 is 14.8 Å². The first-order valence-corrected chi connectivity index (χ1v) is 9.37. The van der Waals surface area contributed by atoms with E-state index in [1.54, 1.807) is 24.0 Å². The highest BCUT2D eigenvalue weighted by atomic mass is 35.5. The highest BCUT2D eigenvalue weighted by molar-refractivity contribution is 7.99. The maximum Gasteiger partial charge on any atom is 0.274 e. The van der Waals surface area contributed by atoms with Gasteiger partial charge in [0.05, 0.1) is 0 Å². The van der Waals surface area contributed by atoms with Crippen molar-refractivity contribution in [1.82, 2.24) is 19.4 Å². The van der Waals surface area contributed by atoms with Crippen molar-refractivity contribution in [3.05, 3.63) is 34.7 Å². The molecule has 0 aliphatic carbocycles. The number of fused-ring (bicyclic) bond motifs is 1. The van der Waals surface area contributed by atoms with Crippen molar-refractivity contribution in [2.24, 2.45) is 0 Å². The average molecular weight is 366 g/mol. The van der Waals surface area contributed by atoms with E-state index in [2.05, 4.69) is 15.3 Å². The fourth-order valence-electron chi connectivity index (χ4n) is 2.68. The number of aromatic nitrogens is 3. The first kappa shape index (κ1) is 17.1. The molecule has 0 bridgehead atoms. The number of nitrogens with one attached hydrogen (secondary N) is 1. The summed E-state index contributed by atoms with van der Waals surface area (Å²) in [6, 6.07) is 3.66. The number of hydrogen-bond acceptors (Lipinski definition) is 5. The van der Waals surface area contributed by atoms with E-state index in [-0.39, 0.29) is 5.91 Å². The van der Waals surface area contributed by atoms with Gasteiger partial charge in [0.15, 0.2) is 16.7 Å². The minimum absolute atomic E-state index is 0.0259. The summed E-state index contributed by atoms with van der Waals surface area (Å²) in [6.07, 6.45) is 1.72. The molecule has 128 valence electrons. The lowest BCUT2D eigenvalue weighted by molar-refractivity contribution is 0.0762. The maximum absolute atomic E-state index is 12.9. The fraction of sp³-hybridized carbons (Fsp3) is 0.438. The van der Waals surface area contributed by atoms with Crippen molar-refractivity contribution in [1.29, 1.82) is 0 Å². The van der Waals surface area contributed by atoms with Gasteiger partial charge in [0.1, 0.15) is 5.15 Å². The zero-order valence-corrected chi connectivity index (χ0v) is 15.3. The van der Waals surface area contributed by atoms with Crippen molar-refractivity contribution in [2.75, 3.05) is 24.2 Å². The van der Waals surface area contributed by atoms with Crippen LogP contribution in [0.3, 0.4) is 0 Å². The van der Waals surface area contributed by atoms with E-state index in [0.717, 1.165) is 23.0 Å². The van der Waals surface area contributed by atoms with Gasteiger partial charge in [-0.15, -0.1) is 0 Å². The molecule has 0 atom stereocenters. The topological polar surface area (TPSA) is 63.1 Å². The number of hydrogen-bond donors (Lipinski definition) is 1. The second kappa shape index (κ2) is 7.44. The number of imidazole rings is 1. The van der Waals surface area contributed by atoms with E-state index in [4.69, 9.17) is 11.6 Å². The molecule has 1 amide bonds. The van der Waals surface area contributed by atoms with Crippen LogP contribution in [0.25, 0.3) is 0 Å². The Bertz CT molecular complexity index is 727. The van der Waals surface area contributed by atoms with Crippen LogP contribution in [0.5, 0.6) is 0 Å². The molecule has 0 aromatic carbocycles. The molecule has 0 saturated carbocycles. The third-order valence-corrected chi connectivity index (χ3v) is 5.16. The van der Waals surface area contributed by atoms with Gasteiger partial charge in [0.2, 0.25) is 0 Å². The summed E-state index contributed by atoms with van der Waals surface area (Å²) < 4.78 is 2.02. The zero-order valence-electron chi connectivity index (χ0n) is 13.8. The summed E-state index contributed by atoms with van der Waals surface area (Å²) in [7, 11) is 0. The summed E-state index contributed by atoms with van der Waals surface area (Å²) in [4.78, 5) is 23.4. The number of rotatable bonds is 6. The number of pyridine rings is 1. The first-order chi connectivity index (χ1) is 11.6. The van der Waals surface area contributed by atoms with Crippen LogP contribution < -0.4 is 5.32 Å². The molecule has 1 N–H and O–H groups in total. The van der Waals surface area contributed by atoms with Gasteiger partial charge in [0, 0.05) is 38.1 Å². The standard InChI is InChI=1S/C16H20ClN5OS/c1-3-21(4-2)15(23)13-14(20-16-22(13)7-8-24-16)19-10-11-5-6-12(17)18-9-11/h5-6,9,19H,3-4,7-8,10H2,1-2H3. The van der Waals surface area contributed by atoms with Crippen LogP contribution in [-0.2, 0) is 13.1 Å². The molecule has 0 spiro atoms. The summed E-state index contributed by atoms with van der Waals surface area (Å²) in [6.45, 7) is 6.71. The Morgan fingerprint density at radius 2 is 2.21 bits per heavy atom. The van der Waals surface area contributed by atoms with Crippen LogP contribution in [-0.4, -0.2) is 44.2 Å². The molecule has 0 radical (unpaired) electrons. The molecule has 6 nitrogen and oxygen atoms in total. The predicted octanol–water partition coefficient (Wildman–Crippen LogP) is 3.13. The molecule has 3 rings (SSSR count). The van der Waals surface area contributed by atoms with E-state index < -0.39 is 0 Å². The molecule has 3 heterocycles. The van der Waals surface area contributed by atoms with Crippen LogP contribution in [0, 0.1) is 0 Å². The van der Waals surface area contributed by atoms with Crippen molar-refractivity contribution in [3.63, 3.8) is 0 Å². The third kappa shape index (κ3) is 3.37. The molecule has 1 aliphatic rings. The molecule has 0 saturated heterocycles. The Hall–Kier alpha value is -1.73. The molecule has 8 heteroatoms. The SMILES string of the molecule is CCN(CC)C(=O)c1c(NCc2ccc(Cl)nc2)nc2n1CCS2. The minimum atomic E-state index is 0.0259. The van der Waals surface area contributed by atoms with Crippen LogP contribution in [0.15, 0.2) is 23.5 Å². The Balaban J connectivity index is 1.85. The van der Waals surface area contributed by atoms with Crippen LogP contribution in [0.2, 0.25) is 5.15 Å². The quantitative estimate of drug-likeness (QED) is 0.797. The number of amides is 1. The van der Waals surface area contributed by atoms with Crippen molar-refractivity contribution >= 4 is 35.1 Å². The Morgan fingerprint density at radius 1 is 1.42 bits per heavy atom. The Morgan fingerprint density at radius 3 is 2.88 bits per heavy atom. The number of carbonyl (C=O) groups is 1. The summed E-state index contributed by atoms with van der Waals surface area (Å²) in [5.41, 5.74) is 1.64. The maximum atomic E-state index is 12.9. The van der Waals surface area contributed by atoms with Crippen molar-refractivity contribution in [2.45, 2.75) is 32.1 Å². The lowest BCUT2D eigenvalue weighted by atomic mass is 10.2. The van der Waals surface area contributed by atoms with Gasteiger partial charge in [-0.1, -0.05) is 29.4 Å². The Kier molecular flexibility index (Phi) is 5.30. The third-order valence-electron chi connectivity index (χ3n) is 3.98. The first-order valence-electron chi connectivity index (χ1n) is 8.01. The van der Waals surface area contributed by atoms with E-state index in [9.17, 15) is 4.79 Å². The number of anilines is 1. The Labute approximate surface area is 150 Å². The van der Waals surface area contributed by atoms with Gasteiger partial charge in [-0.25, -0.2) is 9.97 Å². The van der Waals surface area contributed by atoms with E-state index in [0.29, 0.717) is 36.3 Å². The average Bonchev–Trinajstić information content (AvgIpc) is 3.15. The normalized spacial score (nSPS) is 13.0. The van der Waals surface area contributed by atoms with Gasteiger partial charge >= 0.3 is 0 Å². The van der Waals surface area contributed by atoms with Crippen LogP contribution in [0.1, 0.15) is 29.9 Å². The number of halogens is 1. The summed E-state index contributed by atoms with van der Waals surface area (Å²) in [5, 5.41) is 4.66. The summed E-state index contributed by atoms with van der Waals surface area (Å²) in [5.74, 6) is 1.63. The highest BCUT2D eigenvalue weighted by Gasteiger charge is 2.28. The lowest BCUT2D eigenvalue weighted by Crippen LogP contribution is -2.32. The molecule has 0 fully saturated rings. The molecular formula is C16H20ClN5OS. The van der Waals surface area contributed by atoms with E-state index >= 15 is 0 Å². The fourth-order valence-corrected chi connectivity index (χ4v) is 3.74. The largest absolute Gasteiger partial charge is 0.364 e. The summed E-state index contributed by atoms with van der Waals surface area (Å²) >= 11 is 7.49. The van der Waals surface area contributed by atoms with E-state index in [1.807, 2.05) is 29.4 Å². The smallest absolute Gasteiger partial charge is 0.274 e. The molecule has 1 aliphatic heterocycles. The number of nitrogens with zero attached hydrogens (tertiary/aromatic N) is 4. The minimum Gasteiger partial charge on any atom is -0.364 e. The molecular weight excluding hydrogens is 346 g/mol. The van der Waals surface area contributed by atoms with Crippen molar-refractivity contribution < 1.29 is 4.79 Å². The molecule has 24 heavy (non-hydrogen) atoms. The molecule has 0 unspecified atom stereocenters. The monoisotopic (exact) mass is 365 g/mol. The van der Waals surface area contributed by atoms with Gasteiger partial charge in [0.25, 0.3) is 5.91 Å². The van der Waals surface area contributed by atoms with Gasteiger partial charge in [-0.05, 0) is 25.5 Å². The number of thioether (sulfide) groups is 1. The predicted molar refractivity (Wildman–Crippen MR) is 96.8 cm³/mol. The van der Waals surface area contributed by atoms with Crippen LogP contribution >= 0.6 is 23.4 Å². The number of carbonyl (C=O) groups excluding carboxylic acids is 1. The molecule has 2 aromatic heterocycles. The van der Waals surface area contributed by atoms with Gasteiger partial charge in [-0.2, -0.15) is 0 Å². The lowest BCUT2D eigenvalue weighted by Gasteiger charge is -2.20. The van der Waals surface area contributed by atoms with Crippen molar-refractivity contribution in [3.8, 4) is 0 Å². The zero-order chi connectivity index (χ0) is 17.1. The van der Waals surface area contributed by atoms with E-state index in [1.165, 1.54) is 0 Å². The second-order valence-electron chi connectivity index (χ2n) is 5.41. The molecule has 2 aromatic rings. The van der Waals surface area contributed by atoms with Crippen LogP contribution in [0.4, 0.5) is 5.82 Å². The van der Waals surface area contributed by atoms with Gasteiger partial charge in [-0.3, -0.25) is 4.79 Å². The highest BCUT2D eigenvalue weighted by Crippen LogP contribution is 2.31.